The number of hydrogen-bond donors (Lipinski definition) is 1. The molecular weight excluding hydrogens is 246 g/mol. The summed E-state index contributed by atoms with van der Waals surface area (Å²) in [5, 5.41) is 10.1. The Kier molecular flexibility index (Phi) is 4.38. The number of carboxylic acids is 1. The van der Waals surface area contributed by atoms with E-state index in [0.717, 1.165) is 5.69 Å². The summed E-state index contributed by atoms with van der Waals surface area (Å²) in [6.45, 7) is 7.15. The van der Waals surface area contributed by atoms with Crippen LogP contribution in [0.3, 0.4) is 0 Å². The zero-order valence-electron chi connectivity index (χ0n) is 9.08. The molecule has 1 heterocycles. The maximum atomic E-state index is 11.1. The first-order valence-electron chi connectivity index (χ1n) is 4.59. The highest BCUT2D eigenvalue weighted by Gasteiger charge is 2.15. The summed E-state index contributed by atoms with van der Waals surface area (Å²) in [6, 6.07) is 1.75. The fourth-order valence-corrected chi connectivity index (χ4v) is 2.37. The molecule has 86 valence electrons. The quantitative estimate of drug-likeness (QED) is 0.842. The van der Waals surface area contributed by atoms with Crippen molar-refractivity contribution in [2.24, 2.45) is 0 Å². The van der Waals surface area contributed by atoms with Crippen molar-refractivity contribution in [1.29, 1.82) is 0 Å². The molecule has 0 fully saturated rings. The van der Waals surface area contributed by atoms with E-state index in [-0.39, 0.29) is 5.56 Å². The van der Waals surface area contributed by atoms with E-state index in [1.807, 2.05) is 6.92 Å². The predicted octanol–water partition coefficient (Wildman–Crippen LogP) is 3.24. The largest absolute Gasteiger partial charge is 0.478 e. The van der Waals surface area contributed by atoms with Gasteiger partial charge in [0.1, 0.15) is 5.03 Å². The fourth-order valence-electron chi connectivity index (χ4n) is 1.31. The predicted molar refractivity (Wildman–Crippen MR) is 66.4 cm³/mol. The molecule has 0 unspecified atom stereocenters. The number of thioether (sulfide) groups is 1. The first-order chi connectivity index (χ1) is 7.41. The SMILES string of the molecule is C=C(Cl)CSc1nc(C)cc(C)c1C(=O)O. The van der Waals surface area contributed by atoms with E-state index >= 15 is 0 Å². The summed E-state index contributed by atoms with van der Waals surface area (Å²) in [7, 11) is 0. The lowest BCUT2D eigenvalue weighted by atomic mass is 10.1. The Morgan fingerprint density at radius 2 is 2.25 bits per heavy atom. The highest BCUT2D eigenvalue weighted by molar-refractivity contribution is 7.99. The summed E-state index contributed by atoms with van der Waals surface area (Å²) in [6.07, 6.45) is 0. The van der Waals surface area contributed by atoms with Crippen LogP contribution in [0, 0.1) is 13.8 Å². The van der Waals surface area contributed by atoms with E-state index in [1.165, 1.54) is 11.8 Å². The molecular formula is C11H12ClNO2S. The molecule has 16 heavy (non-hydrogen) atoms. The van der Waals surface area contributed by atoms with Gasteiger partial charge in [0, 0.05) is 16.5 Å². The molecule has 5 heteroatoms. The standard InChI is InChI=1S/C11H12ClNO2S/c1-6-4-8(3)13-10(9(6)11(14)15)16-5-7(2)12/h4H,2,5H2,1,3H3,(H,14,15). The van der Waals surface area contributed by atoms with E-state index in [1.54, 1.807) is 13.0 Å². The van der Waals surface area contributed by atoms with Crippen molar-refractivity contribution < 1.29 is 9.90 Å². The zero-order chi connectivity index (χ0) is 12.3. The lowest BCUT2D eigenvalue weighted by Crippen LogP contribution is -2.05. The van der Waals surface area contributed by atoms with Crippen molar-refractivity contribution in [3.63, 3.8) is 0 Å². The number of pyridine rings is 1. The molecule has 0 aromatic carbocycles. The van der Waals surface area contributed by atoms with Crippen LogP contribution < -0.4 is 0 Å². The minimum absolute atomic E-state index is 0.244. The number of aryl methyl sites for hydroxylation is 2. The van der Waals surface area contributed by atoms with Crippen molar-refractivity contribution in [2.45, 2.75) is 18.9 Å². The molecule has 0 radical (unpaired) electrons. The number of carboxylic acid groups (broad SMARTS) is 1. The minimum Gasteiger partial charge on any atom is -0.478 e. The molecule has 0 aliphatic carbocycles. The Bertz CT molecular complexity index is 446. The van der Waals surface area contributed by atoms with E-state index in [0.29, 0.717) is 21.4 Å². The average molecular weight is 258 g/mol. The lowest BCUT2D eigenvalue weighted by molar-refractivity contribution is 0.0691. The lowest BCUT2D eigenvalue weighted by Gasteiger charge is -2.08. The van der Waals surface area contributed by atoms with E-state index in [2.05, 4.69) is 11.6 Å². The van der Waals surface area contributed by atoms with Gasteiger partial charge in [0.05, 0.1) is 5.56 Å². The second-order valence-corrected chi connectivity index (χ2v) is 4.87. The van der Waals surface area contributed by atoms with Crippen molar-refractivity contribution in [2.75, 3.05) is 5.75 Å². The summed E-state index contributed by atoms with van der Waals surface area (Å²) < 4.78 is 0. The number of aromatic carboxylic acids is 1. The molecule has 0 atom stereocenters. The van der Waals surface area contributed by atoms with Gasteiger partial charge in [-0.3, -0.25) is 0 Å². The Morgan fingerprint density at radius 3 is 2.75 bits per heavy atom. The van der Waals surface area contributed by atoms with Gasteiger partial charge in [0.25, 0.3) is 0 Å². The summed E-state index contributed by atoms with van der Waals surface area (Å²) in [4.78, 5) is 15.3. The topological polar surface area (TPSA) is 50.2 Å². The minimum atomic E-state index is -0.965. The van der Waals surface area contributed by atoms with E-state index in [4.69, 9.17) is 16.7 Å². The van der Waals surface area contributed by atoms with Crippen LogP contribution in [-0.2, 0) is 0 Å². The zero-order valence-corrected chi connectivity index (χ0v) is 10.7. The molecule has 1 aromatic heterocycles. The molecule has 0 spiro atoms. The Hall–Kier alpha value is -1.00. The molecule has 0 aliphatic rings. The van der Waals surface area contributed by atoms with Crippen molar-refractivity contribution in [3.8, 4) is 0 Å². The number of hydrogen-bond acceptors (Lipinski definition) is 3. The maximum absolute atomic E-state index is 11.1. The molecule has 0 aliphatic heterocycles. The van der Waals surface area contributed by atoms with E-state index in [9.17, 15) is 4.79 Å². The molecule has 0 bridgehead atoms. The summed E-state index contributed by atoms with van der Waals surface area (Å²) >= 11 is 6.94. The van der Waals surface area contributed by atoms with Gasteiger partial charge < -0.3 is 5.11 Å². The van der Waals surface area contributed by atoms with Crippen LogP contribution in [0.1, 0.15) is 21.6 Å². The number of nitrogens with zero attached hydrogens (tertiary/aromatic N) is 1. The second-order valence-electron chi connectivity index (χ2n) is 3.37. The van der Waals surface area contributed by atoms with Crippen LogP contribution in [0.4, 0.5) is 0 Å². The molecule has 1 N–H and O–H groups in total. The second kappa shape index (κ2) is 5.37. The number of carbonyl (C=O) groups is 1. The van der Waals surface area contributed by atoms with Gasteiger partial charge in [-0.25, -0.2) is 9.78 Å². The van der Waals surface area contributed by atoms with Crippen LogP contribution in [-0.4, -0.2) is 21.8 Å². The van der Waals surface area contributed by atoms with Gasteiger partial charge in [-0.2, -0.15) is 0 Å². The first kappa shape index (κ1) is 13.1. The fraction of sp³-hybridized carbons (Fsp3) is 0.273. The Balaban J connectivity index is 3.13. The van der Waals surface area contributed by atoms with E-state index < -0.39 is 5.97 Å². The van der Waals surface area contributed by atoms with Gasteiger partial charge in [-0.1, -0.05) is 29.9 Å². The molecule has 1 aromatic rings. The van der Waals surface area contributed by atoms with Crippen molar-refractivity contribution >= 4 is 29.3 Å². The Morgan fingerprint density at radius 1 is 1.62 bits per heavy atom. The van der Waals surface area contributed by atoms with Gasteiger partial charge in [-0.15, -0.1) is 0 Å². The van der Waals surface area contributed by atoms with Crippen LogP contribution in [0.15, 0.2) is 22.7 Å². The highest BCUT2D eigenvalue weighted by atomic mass is 35.5. The van der Waals surface area contributed by atoms with Gasteiger partial charge in [-0.05, 0) is 25.5 Å². The first-order valence-corrected chi connectivity index (χ1v) is 5.95. The monoisotopic (exact) mass is 257 g/mol. The Labute approximate surface area is 104 Å². The normalized spacial score (nSPS) is 10.2. The maximum Gasteiger partial charge on any atom is 0.338 e. The average Bonchev–Trinajstić information content (AvgIpc) is 2.12. The third-order valence-corrected chi connectivity index (χ3v) is 3.24. The van der Waals surface area contributed by atoms with Crippen LogP contribution in [0.5, 0.6) is 0 Å². The van der Waals surface area contributed by atoms with Gasteiger partial charge >= 0.3 is 5.97 Å². The summed E-state index contributed by atoms with van der Waals surface area (Å²) in [5.41, 5.74) is 1.75. The molecule has 3 nitrogen and oxygen atoms in total. The molecule has 0 amide bonds. The summed E-state index contributed by atoms with van der Waals surface area (Å²) in [5.74, 6) is -0.509. The van der Waals surface area contributed by atoms with Gasteiger partial charge in [0.15, 0.2) is 0 Å². The third kappa shape index (κ3) is 3.25. The van der Waals surface area contributed by atoms with Crippen LogP contribution >= 0.6 is 23.4 Å². The smallest absolute Gasteiger partial charge is 0.338 e. The van der Waals surface area contributed by atoms with Crippen molar-refractivity contribution in [1.82, 2.24) is 4.98 Å². The van der Waals surface area contributed by atoms with Crippen LogP contribution in [0.2, 0.25) is 0 Å². The molecule has 1 rings (SSSR count). The van der Waals surface area contributed by atoms with Crippen molar-refractivity contribution in [3.05, 3.63) is 34.5 Å². The van der Waals surface area contributed by atoms with Gasteiger partial charge in [0.2, 0.25) is 0 Å². The molecule has 0 saturated carbocycles. The highest BCUT2D eigenvalue weighted by Crippen LogP contribution is 2.26. The number of halogens is 1. The third-order valence-electron chi connectivity index (χ3n) is 1.89. The van der Waals surface area contributed by atoms with Crippen LogP contribution in [0.25, 0.3) is 0 Å². The number of rotatable bonds is 4. The number of aromatic nitrogens is 1. The molecule has 0 saturated heterocycles.